The molecule has 4 nitrogen and oxygen atoms in total. The van der Waals surface area contributed by atoms with Crippen LogP contribution in [0.3, 0.4) is 0 Å². The lowest BCUT2D eigenvalue weighted by molar-refractivity contribution is -0.113. The van der Waals surface area contributed by atoms with Crippen LogP contribution in [0.15, 0.2) is 64.6 Å². The predicted molar refractivity (Wildman–Crippen MR) is 113 cm³/mol. The van der Waals surface area contributed by atoms with Gasteiger partial charge in [-0.15, -0.1) is 11.8 Å². The molecule has 1 aromatic heterocycles. The third kappa shape index (κ3) is 3.39. The Kier molecular flexibility index (Phi) is 4.80. The summed E-state index contributed by atoms with van der Waals surface area (Å²) in [6.07, 6.45) is 5.35. The molecule has 0 radical (unpaired) electrons. The molecule has 0 aliphatic carbocycles. The van der Waals surface area contributed by atoms with Crippen molar-refractivity contribution in [2.45, 2.75) is 0 Å². The van der Waals surface area contributed by atoms with Crippen LogP contribution in [0.5, 0.6) is 0 Å². The Balaban J connectivity index is 1.87. The maximum Gasteiger partial charge on any atom is 0.285 e. The van der Waals surface area contributed by atoms with E-state index in [2.05, 4.69) is 16.0 Å². The third-order valence-corrected chi connectivity index (χ3v) is 6.12. The summed E-state index contributed by atoms with van der Waals surface area (Å²) in [5.41, 5.74) is 4.03. The molecular weight excluding hydrogens is 374 g/mol. The second kappa shape index (κ2) is 7.39. The van der Waals surface area contributed by atoms with Gasteiger partial charge in [0.15, 0.2) is 0 Å². The number of nitriles is 1. The molecule has 0 N–H and O–H groups in total. The molecule has 4 rings (SSSR count). The Morgan fingerprint density at radius 1 is 1.19 bits per heavy atom. The minimum absolute atomic E-state index is 0.211. The summed E-state index contributed by atoms with van der Waals surface area (Å²) in [5, 5.41) is 10.4. The van der Waals surface area contributed by atoms with Crippen LogP contribution < -0.4 is 0 Å². The molecule has 3 aromatic rings. The second-order valence-electron chi connectivity index (χ2n) is 5.80. The van der Waals surface area contributed by atoms with Gasteiger partial charge in [0, 0.05) is 17.1 Å². The average molecular weight is 387 g/mol. The highest BCUT2D eigenvalue weighted by Crippen LogP contribution is 2.35. The summed E-state index contributed by atoms with van der Waals surface area (Å²) in [7, 11) is 0. The number of amides is 1. The van der Waals surface area contributed by atoms with E-state index in [1.54, 1.807) is 6.20 Å². The first-order valence-corrected chi connectivity index (χ1v) is 10.2. The molecule has 0 bridgehead atoms. The molecule has 1 aliphatic heterocycles. The molecule has 0 unspecified atom stereocenters. The van der Waals surface area contributed by atoms with Crippen molar-refractivity contribution >= 4 is 50.8 Å². The first-order chi connectivity index (χ1) is 13.2. The zero-order valence-corrected chi connectivity index (χ0v) is 16.0. The summed E-state index contributed by atoms with van der Waals surface area (Å²) in [6, 6.07) is 17.9. The Bertz CT molecular complexity index is 1160. The van der Waals surface area contributed by atoms with Gasteiger partial charge in [-0.1, -0.05) is 48.2 Å². The molecule has 0 saturated carbocycles. The molecule has 1 aliphatic rings. The van der Waals surface area contributed by atoms with E-state index in [0.717, 1.165) is 32.0 Å². The van der Waals surface area contributed by atoms with E-state index in [-0.39, 0.29) is 5.91 Å². The lowest BCUT2D eigenvalue weighted by Crippen LogP contribution is -1.92. The highest BCUT2D eigenvalue weighted by molar-refractivity contribution is 8.40. The van der Waals surface area contributed by atoms with E-state index in [1.165, 1.54) is 23.5 Å². The quantitative estimate of drug-likeness (QED) is 0.572. The second-order valence-corrected chi connectivity index (χ2v) is 7.88. The molecule has 0 saturated heterocycles. The fraction of sp³-hybridized carbons (Fsp3) is 0.0476. The van der Waals surface area contributed by atoms with Gasteiger partial charge in [-0.05, 0) is 35.6 Å². The van der Waals surface area contributed by atoms with Gasteiger partial charge in [-0.25, -0.2) is 0 Å². The highest BCUT2D eigenvalue weighted by atomic mass is 32.2. The Hall–Kier alpha value is -2.88. The Morgan fingerprint density at radius 3 is 2.70 bits per heavy atom. The molecule has 2 aromatic carbocycles. The van der Waals surface area contributed by atoms with Crippen molar-refractivity contribution in [1.82, 2.24) is 4.98 Å². The number of benzene rings is 2. The number of aliphatic imine (C=N–C) groups is 1. The summed E-state index contributed by atoms with van der Waals surface area (Å²) in [4.78, 5) is 21.1. The van der Waals surface area contributed by atoms with Gasteiger partial charge >= 0.3 is 0 Å². The largest absolute Gasteiger partial charge is 0.285 e. The Labute approximate surface area is 165 Å². The Morgan fingerprint density at radius 2 is 2.00 bits per heavy atom. The van der Waals surface area contributed by atoms with Crippen LogP contribution in [0.2, 0.25) is 0 Å². The smallest absolute Gasteiger partial charge is 0.266 e. The van der Waals surface area contributed by atoms with E-state index in [1.807, 2.05) is 60.9 Å². The van der Waals surface area contributed by atoms with Crippen molar-refractivity contribution in [3.05, 3.63) is 70.8 Å². The lowest BCUT2D eigenvalue weighted by atomic mass is 9.96. The SMILES string of the molecule is CSC1=NC(=O)/C(=C/c2ccc3ncc(C#N)c(-c4ccccc4)c3c2)S1. The van der Waals surface area contributed by atoms with E-state index in [4.69, 9.17) is 0 Å². The number of fused-ring (bicyclic) bond motifs is 1. The predicted octanol–water partition coefficient (Wildman–Crippen LogP) is 5.11. The third-order valence-electron chi connectivity index (χ3n) is 4.15. The minimum Gasteiger partial charge on any atom is -0.266 e. The van der Waals surface area contributed by atoms with Crippen LogP contribution in [-0.2, 0) is 4.79 Å². The maximum absolute atomic E-state index is 12.1. The maximum atomic E-state index is 12.1. The number of thioether (sulfide) groups is 2. The van der Waals surface area contributed by atoms with Crippen LogP contribution in [0.4, 0.5) is 0 Å². The monoisotopic (exact) mass is 387 g/mol. The number of nitrogens with zero attached hydrogens (tertiary/aromatic N) is 3. The van der Waals surface area contributed by atoms with Crippen molar-refractivity contribution in [3.8, 4) is 17.2 Å². The van der Waals surface area contributed by atoms with Gasteiger partial charge in [0.2, 0.25) is 0 Å². The number of hydrogen-bond acceptors (Lipinski definition) is 5. The van der Waals surface area contributed by atoms with Gasteiger partial charge in [-0.2, -0.15) is 10.3 Å². The zero-order valence-electron chi connectivity index (χ0n) is 14.3. The van der Waals surface area contributed by atoms with Crippen LogP contribution >= 0.6 is 23.5 Å². The van der Waals surface area contributed by atoms with Gasteiger partial charge < -0.3 is 0 Å². The number of hydrogen-bond donors (Lipinski definition) is 0. The fourth-order valence-corrected chi connectivity index (χ4v) is 4.35. The lowest BCUT2D eigenvalue weighted by Gasteiger charge is -2.09. The van der Waals surface area contributed by atoms with E-state index < -0.39 is 0 Å². The molecule has 27 heavy (non-hydrogen) atoms. The molecule has 0 fully saturated rings. The summed E-state index contributed by atoms with van der Waals surface area (Å²) in [6.45, 7) is 0. The van der Waals surface area contributed by atoms with Gasteiger partial charge in [-0.3, -0.25) is 9.78 Å². The zero-order chi connectivity index (χ0) is 18.8. The van der Waals surface area contributed by atoms with Crippen molar-refractivity contribution in [2.24, 2.45) is 4.99 Å². The molecule has 1 amide bonds. The van der Waals surface area contributed by atoms with Crippen molar-refractivity contribution in [1.29, 1.82) is 5.26 Å². The average Bonchev–Trinajstić information content (AvgIpc) is 3.07. The number of pyridine rings is 1. The molecule has 0 spiro atoms. The van der Waals surface area contributed by atoms with Crippen LogP contribution in [0.1, 0.15) is 11.1 Å². The van der Waals surface area contributed by atoms with Gasteiger partial charge in [0.25, 0.3) is 5.91 Å². The molecular formula is C21H13N3OS2. The number of rotatable bonds is 2. The van der Waals surface area contributed by atoms with Crippen LogP contribution in [0, 0.1) is 11.3 Å². The summed E-state index contributed by atoms with van der Waals surface area (Å²) >= 11 is 2.85. The van der Waals surface area contributed by atoms with Gasteiger partial charge in [0.05, 0.1) is 16.0 Å². The number of carbonyl (C=O) groups is 1. The molecule has 130 valence electrons. The fourth-order valence-electron chi connectivity index (χ4n) is 2.93. The van der Waals surface area contributed by atoms with Crippen molar-refractivity contribution in [3.63, 3.8) is 0 Å². The number of carbonyl (C=O) groups excluding carboxylic acids is 1. The highest BCUT2D eigenvalue weighted by Gasteiger charge is 2.21. The molecule has 2 heterocycles. The van der Waals surface area contributed by atoms with Gasteiger partial charge in [0.1, 0.15) is 10.4 Å². The summed E-state index contributed by atoms with van der Waals surface area (Å²) < 4.78 is 0.755. The standard InChI is InChI=1S/C21H13N3OS2/c1-26-21-24-20(25)18(27-21)10-13-7-8-17-16(9-13)19(15(11-22)12-23-17)14-5-3-2-4-6-14/h2-10,12H,1H3/b18-10-. The van der Waals surface area contributed by atoms with Crippen molar-refractivity contribution < 1.29 is 4.79 Å². The van der Waals surface area contributed by atoms with E-state index >= 15 is 0 Å². The normalized spacial score (nSPS) is 15.2. The minimum atomic E-state index is -0.211. The summed E-state index contributed by atoms with van der Waals surface area (Å²) in [5.74, 6) is -0.211. The first kappa shape index (κ1) is 17.5. The number of aromatic nitrogens is 1. The van der Waals surface area contributed by atoms with Crippen LogP contribution in [-0.4, -0.2) is 21.5 Å². The van der Waals surface area contributed by atoms with Crippen LogP contribution in [0.25, 0.3) is 28.1 Å². The topological polar surface area (TPSA) is 66.1 Å². The molecule has 0 atom stereocenters. The van der Waals surface area contributed by atoms with E-state index in [0.29, 0.717) is 10.5 Å². The van der Waals surface area contributed by atoms with Crippen molar-refractivity contribution in [2.75, 3.05) is 6.26 Å². The van der Waals surface area contributed by atoms with E-state index in [9.17, 15) is 10.1 Å². The first-order valence-electron chi connectivity index (χ1n) is 8.14. The molecule has 6 heteroatoms.